The molecule has 0 bridgehead atoms. The van der Waals surface area contributed by atoms with Crippen molar-refractivity contribution in [3.8, 4) is 17.4 Å². The Kier molecular flexibility index (Phi) is 4.20. The van der Waals surface area contributed by atoms with Crippen molar-refractivity contribution in [1.29, 1.82) is 0 Å². The Morgan fingerprint density at radius 2 is 2.19 bits per heavy atom. The summed E-state index contributed by atoms with van der Waals surface area (Å²) in [7, 11) is 1.46. The number of benzene rings is 1. The monoisotopic (exact) mass is 371 g/mol. The average molecular weight is 371 g/mol. The lowest BCUT2D eigenvalue weighted by atomic mass is 9.89. The summed E-state index contributed by atoms with van der Waals surface area (Å²) in [6.45, 7) is 2.25. The summed E-state index contributed by atoms with van der Waals surface area (Å²) < 4.78 is 11.0. The largest absolute Gasteiger partial charge is 0.496 e. The molecule has 134 valence electrons. The first-order chi connectivity index (χ1) is 12.6. The van der Waals surface area contributed by atoms with Gasteiger partial charge in [-0.3, -0.25) is 10.1 Å². The van der Waals surface area contributed by atoms with Gasteiger partial charge in [0.1, 0.15) is 16.9 Å². The van der Waals surface area contributed by atoms with Crippen LogP contribution in [0.25, 0.3) is 10.2 Å². The van der Waals surface area contributed by atoms with Crippen molar-refractivity contribution in [1.82, 2.24) is 9.97 Å². The molecular weight excluding hydrogens is 354 g/mol. The van der Waals surface area contributed by atoms with Gasteiger partial charge in [-0.25, -0.2) is 9.97 Å². The van der Waals surface area contributed by atoms with Gasteiger partial charge in [-0.15, -0.1) is 11.3 Å². The number of nitro groups is 1. The van der Waals surface area contributed by atoms with Crippen molar-refractivity contribution < 1.29 is 14.4 Å². The number of rotatable bonds is 4. The molecule has 0 aliphatic heterocycles. The number of hydrogen-bond acceptors (Lipinski definition) is 7. The van der Waals surface area contributed by atoms with Crippen molar-refractivity contribution in [2.75, 3.05) is 7.11 Å². The summed E-state index contributed by atoms with van der Waals surface area (Å²) in [6, 6.07) is 4.51. The Morgan fingerprint density at radius 3 is 2.96 bits per heavy atom. The first-order valence-corrected chi connectivity index (χ1v) is 9.14. The zero-order valence-electron chi connectivity index (χ0n) is 14.4. The summed E-state index contributed by atoms with van der Waals surface area (Å²) >= 11 is 1.66. The van der Waals surface area contributed by atoms with Crippen LogP contribution in [0.4, 0.5) is 5.69 Å². The van der Waals surface area contributed by atoms with Crippen molar-refractivity contribution in [2.45, 2.75) is 26.2 Å². The minimum absolute atomic E-state index is 0.139. The average Bonchev–Trinajstić information content (AvgIpc) is 3.00. The van der Waals surface area contributed by atoms with E-state index in [1.54, 1.807) is 17.4 Å². The van der Waals surface area contributed by atoms with Crippen LogP contribution < -0.4 is 9.47 Å². The molecule has 0 N–H and O–H groups in total. The van der Waals surface area contributed by atoms with Gasteiger partial charge >= 0.3 is 5.69 Å². The SMILES string of the molecule is COc1ccc(Oc2ncnc3sc4c(c23)CCC(C)C4)c([N+](=O)[O-])c1. The van der Waals surface area contributed by atoms with Crippen LogP contribution in [-0.2, 0) is 12.8 Å². The molecule has 26 heavy (non-hydrogen) atoms. The van der Waals surface area contributed by atoms with Crippen LogP contribution in [0, 0.1) is 16.0 Å². The molecule has 0 amide bonds. The normalized spacial score (nSPS) is 16.3. The highest BCUT2D eigenvalue weighted by Gasteiger charge is 2.25. The van der Waals surface area contributed by atoms with Crippen molar-refractivity contribution in [2.24, 2.45) is 5.92 Å². The van der Waals surface area contributed by atoms with E-state index in [9.17, 15) is 10.1 Å². The molecule has 0 radical (unpaired) electrons. The maximum atomic E-state index is 11.4. The zero-order chi connectivity index (χ0) is 18.3. The van der Waals surface area contributed by atoms with Gasteiger partial charge in [0, 0.05) is 4.88 Å². The Labute approximate surface area is 153 Å². The molecule has 0 spiro atoms. The summed E-state index contributed by atoms with van der Waals surface area (Å²) in [5.41, 5.74) is 1.06. The van der Waals surface area contributed by atoms with Gasteiger partial charge in [0.15, 0.2) is 0 Å². The molecule has 1 aliphatic rings. The maximum absolute atomic E-state index is 11.4. The Balaban J connectivity index is 1.80. The number of fused-ring (bicyclic) bond motifs is 3. The fourth-order valence-electron chi connectivity index (χ4n) is 3.28. The predicted octanol–water partition coefficient (Wildman–Crippen LogP) is 4.53. The lowest BCUT2D eigenvalue weighted by molar-refractivity contribution is -0.385. The second-order valence-electron chi connectivity index (χ2n) is 6.40. The second kappa shape index (κ2) is 6.53. The second-order valence-corrected chi connectivity index (χ2v) is 7.49. The smallest absolute Gasteiger partial charge is 0.315 e. The fraction of sp³-hybridized carbons (Fsp3) is 0.333. The third-order valence-corrected chi connectivity index (χ3v) is 5.79. The number of nitrogens with zero attached hydrogens (tertiary/aromatic N) is 3. The molecule has 1 atom stereocenters. The molecular formula is C18H17N3O4S. The van der Waals surface area contributed by atoms with Crippen LogP contribution in [-0.4, -0.2) is 22.0 Å². The molecule has 2 heterocycles. The molecule has 0 saturated heterocycles. The lowest BCUT2D eigenvalue weighted by Gasteiger charge is -2.18. The highest BCUT2D eigenvalue weighted by Crippen LogP contribution is 2.42. The van der Waals surface area contributed by atoms with E-state index in [0.29, 0.717) is 17.5 Å². The van der Waals surface area contributed by atoms with Gasteiger partial charge < -0.3 is 9.47 Å². The molecule has 1 aliphatic carbocycles. The fourth-order valence-corrected chi connectivity index (χ4v) is 4.62. The molecule has 0 fully saturated rings. The third kappa shape index (κ3) is 2.86. The molecule has 1 unspecified atom stereocenters. The number of ether oxygens (including phenoxy) is 2. The summed E-state index contributed by atoms with van der Waals surface area (Å²) in [5.74, 6) is 1.56. The van der Waals surface area contributed by atoms with Crippen molar-refractivity contribution in [3.63, 3.8) is 0 Å². The van der Waals surface area contributed by atoms with E-state index in [0.717, 1.165) is 29.5 Å². The highest BCUT2D eigenvalue weighted by atomic mass is 32.1. The first-order valence-electron chi connectivity index (χ1n) is 8.32. The van der Waals surface area contributed by atoms with E-state index in [4.69, 9.17) is 9.47 Å². The highest BCUT2D eigenvalue weighted by molar-refractivity contribution is 7.18. The third-order valence-electron chi connectivity index (χ3n) is 4.63. The summed E-state index contributed by atoms with van der Waals surface area (Å²) in [5, 5.41) is 12.3. The molecule has 4 rings (SSSR count). The zero-order valence-corrected chi connectivity index (χ0v) is 15.2. The van der Waals surface area contributed by atoms with E-state index in [1.807, 2.05) is 0 Å². The Bertz CT molecular complexity index is 1000. The molecule has 7 nitrogen and oxygen atoms in total. The number of aromatic nitrogens is 2. The standard InChI is InChI=1S/C18H17N3O4S/c1-10-3-5-12-15(7-10)26-18-16(12)17(19-9-20-18)25-14-6-4-11(24-2)8-13(14)21(22)23/h4,6,8-10H,3,5,7H2,1-2H3. The summed E-state index contributed by atoms with van der Waals surface area (Å²) in [6.07, 6.45) is 4.53. The topological polar surface area (TPSA) is 87.4 Å². The lowest BCUT2D eigenvalue weighted by Crippen LogP contribution is -2.08. The van der Waals surface area contributed by atoms with Crippen molar-refractivity contribution >= 4 is 27.2 Å². The van der Waals surface area contributed by atoms with E-state index in [2.05, 4.69) is 16.9 Å². The van der Waals surface area contributed by atoms with Crippen LogP contribution in [0.2, 0.25) is 0 Å². The molecule has 2 aromatic heterocycles. The number of aryl methyl sites for hydroxylation is 1. The van der Waals surface area contributed by atoms with E-state index < -0.39 is 4.92 Å². The van der Waals surface area contributed by atoms with Gasteiger partial charge in [-0.2, -0.15) is 0 Å². The van der Waals surface area contributed by atoms with Gasteiger partial charge in [0.25, 0.3) is 0 Å². The minimum Gasteiger partial charge on any atom is -0.496 e. The number of thiophene rings is 1. The number of hydrogen-bond donors (Lipinski definition) is 0. The molecule has 3 aromatic rings. The Morgan fingerprint density at radius 1 is 1.35 bits per heavy atom. The summed E-state index contributed by atoms with van der Waals surface area (Å²) in [4.78, 5) is 21.7. The van der Waals surface area contributed by atoms with Gasteiger partial charge in [-0.05, 0) is 42.9 Å². The van der Waals surface area contributed by atoms with Gasteiger partial charge in [0.2, 0.25) is 11.6 Å². The van der Waals surface area contributed by atoms with Crippen LogP contribution in [0.3, 0.4) is 0 Å². The van der Waals surface area contributed by atoms with Crippen LogP contribution in [0.15, 0.2) is 24.5 Å². The van der Waals surface area contributed by atoms with E-state index >= 15 is 0 Å². The van der Waals surface area contributed by atoms with Crippen LogP contribution in [0.1, 0.15) is 23.8 Å². The molecule has 8 heteroatoms. The molecule has 0 saturated carbocycles. The van der Waals surface area contributed by atoms with Crippen molar-refractivity contribution in [3.05, 3.63) is 45.1 Å². The number of nitro benzene ring substituents is 1. The minimum atomic E-state index is -0.485. The van der Waals surface area contributed by atoms with Gasteiger partial charge in [0.05, 0.1) is 23.5 Å². The van der Waals surface area contributed by atoms with E-state index in [-0.39, 0.29) is 11.4 Å². The van der Waals surface area contributed by atoms with Crippen LogP contribution in [0.5, 0.6) is 17.4 Å². The quantitative estimate of drug-likeness (QED) is 0.495. The van der Waals surface area contributed by atoms with E-state index in [1.165, 1.54) is 36.0 Å². The maximum Gasteiger partial charge on any atom is 0.315 e. The Hall–Kier alpha value is -2.74. The van der Waals surface area contributed by atoms with Gasteiger partial charge in [-0.1, -0.05) is 6.92 Å². The predicted molar refractivity (Wildman–Crippen MR) is 98.3 cm³/mol. The number of methoxy groups -OCH3 is 1. The van der Waals surface area contributed by atoms with Crippen LogP contribution >= 0.6 is 11.3 Å². The first kappa shape index (κ1) is 16.7. The molecule has 1 aromatic carbocycles.